The van der Waals surface area contributed by atoms with Crippen molar-refractivity contribution >= 4 is 31.2 Å². The third-order valence-corrected chi connectivity index (χ3v) is 6.93. The van der Waals surface area contributed by atoms with Crippen LogP contribution in [-0.2, 0) is 18.9 Å². The number of benzene rings is 1. The monoisotopic (exact) mass is 561 g/mol. The maximum atomic E-state index is 12.9. The fourth-order valence-electron chi connectivity index (χ4n) is 3.84. The van der Waals surface area contributed by atoms with Crippen LogP contribution in [0.1, 0.15) is 0 Å². The van der Waals surface area contributed by atoms with Gasteiger partial charge in [-0.1, -0.05) is 0 Å². The van der Waals surface area contributed by atoms with Crippen LogP contribution in [0.2, 0.25) is 0 Å². The number of carbonyl (C=O) groups is 3. The Morgan fingerprint density at radius 1 is 0.763 bits per heavy atom. The van der Waals surface area contributed by atoms with E-state index in [9.17, 15) is 49.3 Å². The van der Waals surface area contributed by atoms with Crippen LogP contribution in [0.15, 0.2) is 24.3 Å². The molecule has 1 aliphatic rings. The van der Waals surface area contributed by atoms with E-state index in [1.165, 1.54) is 12.1 Å². The lowest BCUT2D eigenvalue weighted by atomic mass is 10.3. The van der Waals surface area contributed by atoms with Crippen LogP contribution in [0.3, 0.4) is 0 Å². The molecule has 1 aromatic carbocycles. The fraction of sp³-hybridized carbons (Fsp3) is 0.571. The Morgan fingerprint density at radius 2 is 1.11 bits per heavy atom. The first-order chi connectivity index (χ1) is 17.8. The van der Waals surface area contributed by atoms with E-state index in [1.807, 2.05) is 0 Å². The van der Waals surface area contributed by atoms with Gasteiger partial charge in [-0.25, -0.2) is 4.57 Å². The SMILES string of the molecule is O=C(O)CN1CCN(CC(=O)O)CCN(CP(=O)(O)Oc2ccc([N+](=O)[O-])cc2)CCN(CC(=O)O)CC1. The van der Waals surface area contributed by atoms with Crippen LogP contribution in [0.25, 0.3) is 0 Å². The third-order valence-electron chi connectivity index (χ3n) is 5.68. The number of nitro benzene ring substituents is 1. The van der Waals surface area contributed by atoms with Crippen LogP contribution in [0.5, 0.6) is 5.75 Å². The number of carboxylic acids is 3. The van der Waals surface area contributed by atoms with Crippen LogP contribution in [0, 0.1) is 10.1 Å². The number of aliphatic carboxylic acids is 3. The molecule has 0 amide bonds. The minimum Gasteiger partial charge on any atom is -0.480 e. The average Bonchev–Trinajstić information content (AvgIpc) is 2.79. The summed E-state index contributed by atoms with van der Waals surface area (Å²) < 4.78 is 18.1. The largest absolute Gasteiger partial charge is 0.480 e. The summed E-state index contributed by atoms with van der Waals surface area (Å²) in [5, 5.41) is 38.6. The molecule has 38 heavy (non-hydrogen) atoms. The maximum absolute atomic E-state index is 12.9. The highest BCUT2D eigenvalue weighted by Crippen LogP contribution is 2.43. The van der Waals surface area contributed by atoms with Gasteiger partial charge in [-0.05, 0) is 12.1 Å². The van der Waals surface area contributed by atoms with Gasteiger partial charge in [0.2, 0.25) is 0 Å². The van der Waals surface area contributed by atoms with Gasteiger partial charge in [-0.2, -0.15) is 0 Å². The Bertz CT molecular complexity index is 993. The lowest BCUT2D eigenvalue weighted by Crippen LogP contribution is -2.48. The average molecular weight is 561 g/mol. The van der Waals surface area contributed by atoms with E-state index >= 15 is 0 Å². The molecule has 0 saturated carbocycles. The quantitative estimate of drug-likeness (QED) is 0.153. The van der Waals surface area contributed by atoms with E-state index < -0.39 is 36.7 Å². The highest BCUT2D eigenvalue weighted by atomic mass is 31.2. The standard InChI is InChI=1S/C21H32N5O11P/c27-19(28)13-22-5-7-23(14-20(29)30)9-11-25(12-10-24(8-6-22)15-21(31)32)16-38(35,36)37-18-3-1-17(2-4-18)26(33)34/h1-4H,5-16H2,(H,27,28)(H,29,30)(H,31,32)(H,35,36). The van der Waals surface area contributed by atoms with Crippen molar-refractivity contribution in [2.24, 2.45) is 0 Å². The first-order valence-electron chi connectivity index (χ1n) is 11.6. The molecular formula is C21H32N5O11P. The Hall–Kier alpha value is -3.14. The molecule has 4 N–H and O–H groups in total. The minimum absolute atomic E-state index is 0.0469. The van der Waals surface area contributed by atoms with E-state index in [1.54, 1.807) is 19.6 Å². The second kappa shape index (κ2) is 14.7. The molecule has 1 atom stereocenters. The zero-order chi connectivity index (χ0) is 28.3. The highest BCUT2D eigenvalue weighted by Gasteiger charge is 2.27. The van der Waals surface area contributed by atoms with E-state index in [4.69, 9.17) is 4.52 Å². The molecular weight excluding hydrogens is 529 g/mol. The molecule has 0 aliphatic carbocycles. The second-order valence-electron chi connectivity index (χ2n) is 8.75. The Kier molecular flexibility index (Phi) is 12.0. The van der Waals surface area contributed by atoms with Crippen molar-refractivity contribution in [3.8, 4) is 5.75 Å². The van der Waals surface area contributed by atoms with E-state index in [0.29, 0.717) is 0 Å². The molecule has 17 heteroatoms. The second-order valence-corrected chi connectivity index (χ2v) is 10.5. The summed E-state index contributed by atoms with van der Waals surface area (Å²) in [5.41, 5.74) is -0.216. The number of hydrogen-bond acceptors (Lipinski definition) is 11. The zero-order valence-corrected chi connectivity index (χ0v) is 21.5. The van der Waals surface area contributed by atoms with Crippen molar-refractivity contribution in [1.82, 2.24) is 19.6 Å². The third kappa shape index (κ3) is 11.9. The lowest BCUT2D eigenvalue weighted by molar-refractivity contribution is -0.384. The predicted molar refractivity (Wildman–Crippen MR) is 132 cm³/mol. The molecule has 16 nitrogen and oxygen atoms in total. The summed E-state index contributed by atoms with van der Waals surface area (Å²) in [4.78, 5) is 61.0. The van der Waals surface area contributed by atoms with Crippen LogP contribution >= 0.6 is 7.60 Å². The number of nitrogens with zero attached hydrogens (tertiary/aromatic N) is 5. The Labute approximate surface area is 218 Å². The molecule has 2 rings (SSSR count). The summed E-state index contributed by atoms with van der Waals surface area (Å²) in [7, 11) is -4.31. The Morgan fingerprint density at radius 3 is 1.42 bits per heavy atom. The van der Waals surface area contributed by atoms with E-state index in [2.05, 4.69) is 0 Å². The topological polar surface area (TPSA) is 215 Å². The summed E-state index contributed by atoms with van der Waals surface area (Å²) in [6.45, 7) is 0.554. The van der Waals surface area contributed by atoms with Gasteiger partial charge in [0, 0.05) is 64.5 Å². The van der Waals surface area contributed by atoms with Gasteiger partial charge in [0.25, 0.3) is 5.69 Å². The van der Waals surface area contributed by atoms with Crippen molar-refractivity contribution in [2.75, 3.05) is 78.3 Å². The predicted octanol–water partition coefficient (Wildman–Crippen LogP) is -0.408. The van der Waals surface area contributed by atoms with Gasteiger partial charge in [0.15, 0.2) is 0 Å². The van der Waals surface area contributed by atoms with Crippen LogP contribution in [-0.4, -0.2) is 141 Å². The molecule has 1 unspecified atom stereocenters. The van der Waals surface area contributed by atoms with Crippen LogP contribution in [0.4, 0.5) is 5.69 Å². The van der Waals surface area contributed by atoms with Crippen molar-refractivity contribution in [3.05, 3.63) is 34.4 Å². The van der Waals surface area contributed by atoms with Crippen molar-refractivity contribution < 1.29 is 48.6 Å². The van der Waals surface area contributed by atoms with Crippen molar-refractivity contribution in [3.63, 3.8) is 0 Å². The molecule has 0 radical (unpaired) electrons. The first-order valence-corrected chi connectivity index (χ1v) is 13.4. The van der Waals surface area contributed by atoms with E-state index in [0.717, 1.165) is 12.1 Å². The molecule has 1 fully saturated rings. The summed E-state index contributed by atoms with van der Waals surface area (Å²) in [5.74, 6) is -3.29. The molecule has 1 aromatic rings. The molecule has 1 aliphatic heterocycles. The van der Waals surface area contributed by atoms with Gasteiger partial charge in [-0.15, -0.1) is 0 Å². The Balaban J connectivity index is 2.18. The van der Waals surface area contributed by atoms with E-state index in [-0.39, 0.29) is 83.4 Å². The first kappa shape index (κ1) is 31.1. The summed E-state index contributed by atoms with van der Waals surface area (Å²) in [6, 6.07) is 4.66. The van der Waals surface area contributed by atoms with Gasteiger partial charge in [0.1, 0.15) is 12.0 Å². The summed E-state index contributed by atoms with van der Waals surface area (Å²) >= 11 is 0. The van der Waals surface area contributed by atoms with Crippen molar-refractivity contribution in [1.29, 1.82) is 0 Å². The highest BCUT2D eigenvalue weighted by molar-refractivity contribution is 7.53. The maximum Gasteiger partial charge on any atom is 0.390 e. The minimum atomic E-state index is -4.31. The smallest absolute Gasteiger partial charge is 0.390 e. The number of nitro groups is 1. The molecule has 0 aromatic heterocycles. The molecule has 0 spiro atoms. The molecule has 212 valence electrons. The lowest BCUT2D eigenvalue weighted by Gasteiger charge is -2.33. The normalized spacial score (nSPS) is 19.0. The van der Waals surface area contributed by atoms with Crippen LogP contribution < -0.4 is 4.52 Å². The molecule has 1 heterocycles. The number of carboxylic acid groups (broad SMARTS) is 3. The zero-order valence-electron chi connectivity index (χ0n) is 20.6. The van der Waals surface area contributed by atoms with Gasteiger partial charge in [-0.3, -0.25) is 44.1 Å². The van der Waals surface area contributed by atoms with Gasteiger partial charge < -0.3 is 24.7 Å². The van der Waals surface area contributed by atoms with Crippen molar-refractivity contribution in [2.45, 2.75) is 0 Å². The number of hydrogen-bond donors (Lipinski definition) is 4. The number of non-ortho nitro benzene ring substituents is 1. The fourth-order valence-corrected chi connectivity index (χ4v) is 5.14. The van der Waals surface area contributed by atoms with Gasteiger partial charge >= 0.3 is 25.5 Å². The molecule has 1 saturated heterocycles. The van der Waals surface area contributed by atoms with Gasteiger partial charge in [0.05, 0.1) is 24.6 Å². The molecule has 0 bridgehead atoms. The summed E-state index contributed by atoms with van der Waals surface area (Å²) in [6.07, 6.45) is -0.461. The number of rotatable bonds is 11.